The topological polar surface area (TPSA) is 114 Å². The highest BCUT2D eigenvalue weighted by atomic mass is 79.9. The molecule has 1 heterocycles. The normalized spacial score (nSPS) is 10.5. The van der Waals surface area contributed by atoms with E-state index in [-0.39, 0.29) is 23.1 Å². The third-order valence-corrected chi connectivity index (χ3v) is 3.78. The molecule has 1 aromatic heterocycles. The lowest BCUT2D eigenvalue weighted by Crippen LogP contribution is -2.18. The zero-order valence-electron chi connectivity index (χ0n) is 12.4. The number of hydrogen-bond acceptors (Lipinski definition) is 5. The molecule has 0 aliphatic carbocycles. The molecule has 0 aliphatic heterocycles. The summed E-state index contributed by atoms with van der Waals surface area (Å²) in [5.41, 5.74) is 1.22. The molecule has 0 fully saturated rings. The van der Waals surface area contributed by atoms with E-state index in [1.54, 1.807) is 18.2 Å². The third kappa shape index (κ3) is 4.39. The second-order valence-corrected chi connectivity index (χ2v) is 6.01. The summed E-state index contributed by atoms with van der Waals surface area (Å²) in [5, 5.41) is 19.1. The predicted molar refractivity (Wildman–Crippen MR) is 89.4 cm³/mol. The molecule has 0 atom stereocenters. The molecule has 2 rings (SSSR count). The van der Waals surface area contributed by atoms with Gasteiger partial charge in [-0.25, -0.2) is 0 Å². The Morgan fingerprint density at radius 3 is 2.62 bits per heavy atom. The number of hydrogen-bond donors (Lipinski definition) is 2. The van der Waals surface area contributed by atoms with Gasteiger partial charge in [-0.15, -0.1) is 15.0 Å². The van der Waals surface area contributed by atoms with Gasteiger partial charge in [0.2, 0.25) is 0 Å². The number of halogens is 2. The lowest BCUT2D eigenvalue weighted by atomic mass is 10.2. The molecule has 10 heteroatoms. The number of amides is 1. The Kier molecular flexibility index (Phi) is 5.68. The highest BCUT2D eigenvalue weighted by molar-refractivity contribution is 9.10. The highest BCUT2D eigenvalue weighted by Gasteiger charge is 2.21. The maximum atomic E-state index is 12.3. The quantitative estimate of drug-likeness (QED) is 0.776. The van der Waals surface area contributed by atoms with Gasteiger partial charge in [-0.2, -0.15) is 0 Å². The van der Waals surface area contributed by atoms with Crippen LogP contribution >= 0.6 is 27.5 Å². The first-order valence-corrected chi connectivity index (χ1v) is 7.90. The Balaban J connectivity index is 2.15. The summed E-state index contributed by atoms with van der Waals surface area (Å²) in [4.78, 5) is 35.2. The largest absolute Gasteiger partial charge is 0.481 e. The van der Waals surface area contributed by atoms with Gasteiger partial charge in [0.25, 0.3) is 11.8 Å². The number of benzene rings is 1. The fourth-order valence-corrected chi connectivity index (χ4v) is 2.45. The SMILES string of the molecule is Cc1ccc(NC(=O)c2nn(C(=O)CCC(=O)O)nc2Br)c(Cl)c1. The molecule has 1 aromatic carbocycles. The molecule has 8 nitrogen and oxygen atoms in total. The van der Waals surface area contributed by atoms with Gasteiger partial charge in [0, 0.05) is 6.42 Å². The summed E-state index contributed by atoms with van der Waals surface area (Å²) in [5.74, 6) is -2.35. The van der Waals surface area contributed by atoms with Crippen molar-refractivity contribution >= 4 is 51.0 Å². The lowest BCUT2D eigenvalue weighted by Gasteiger charge is -2.06. The third-order valence-electron chi connectivity index (χ3n) is 2.94. The number of carboxylic acid groups (broad SMARTS) is 1. The fourth-order valence-electron chi connectivity index (χ4n) is 1.76. The number of nitrogens with zero attached hydrogens (tertiary/aromatic N) is 3. The molecule has 0 unspecified atom stereocenters. The number of carbonyl (C=O) groups excluding carboxylic acids is 2. The molecular weight excluding hydrogens is 404 g/mol. The van der Waals surface area contributed by atoms with Gasteiger partial charge in [0.15, 0.2) is 10.3 Å². The predicted octanol–water partition coefficient (Wildman–Crippen LogP) is 2.76. The van der Waals surface area contributed by atoms with Crippen molar-refractivity contribution in [3.63, 3.8) is 0 Å². The minimum Gasteiger partial charge on any atom is -0.481 e. The first-order valence-electron chi connectivity index (χ1n) is 6.73. The zero-order valence-corrected chi connectivity index (χ0v) is 14.8. The number of rotatable bonds is 5. The Labute approximate surface area is 149 Å². The van der Waals surface area contributed by atoms with Gasteiger partial charge in [-0.3, -0.25) is 14.4 Å². The maximum absolute atomic E-state index is 12.3. The van der Waals surface area contributed by atoms with Crippen LogP contribution in [0.1, 0.15) is 33.7 Å². The monoisotopic (exact) mass is 414 g/mol. The summed E-state index contributed by atoms with van der Waals surface area (Å²) in [6, 6.07) is 5.12. The van der Waals surface area contributed by atoms with Crippen molar-refractivity contribution < 1.29 is 19.5 Å². The van der Waals surface area contributed by atoms with E-state index >= 15 is 0 Å². The van der Waals surface area contributed by atoms with Crippen LogP contribution in [-0.4, -0.2) is 37.9 Å². The van der Waals surface area contributed by atoms with E-state index in [0.717, 1.165) is 5.56 Å². The van der Waals surface area contributed by atoms with Crippen LogP contribution in [0, 0.1) is 6.92 Å². The van der Waals surface area contributed by atoms with E-state index in [1.807, 2.05) is 6.92 Å². The minimum atomic E-state index is -1.11. The van der Waals surface area contributed by atoms with Crippen LogP contribution in [0.3, 0.4) is 0 Å². The van der Waals surface area contributed by atoms with Gasteiger partial charge < -0.3 is 10.4 Å². The second-order valence-electron chi connectivity index (χ2n) is 4.85. The van der Waals surface area contributed by atoms with Crippen LogP contribution in [0.2, 0.25) is 5.02 Å². The standard InChI is InChI=1S/C14H12BrClN4O4/c1-7-2-3-9(8(16)6-7)17-14(24)12-13(15)19-20(18-12)10(21)4-5-11(22)23/h2-3,6H,4-5H2,1H3,(H,17,24)(H,22,23). The van der Waals surface area contributed by atoms with Crippen molar-refractivity contribution in [2.45, 2.75) is 19.8 Å². The molecule has 24 heavy (non-hydrogen) atoms. The van der Waals surface area contributed by atoms with E-state index in [4.69, 9.17) is 16.7 Å². The first kappa shape index (κ1) is 18.1. The number of aliphatic carboxylic acids is 1. The Morgan fingerprint density at radius 2 is 2.00 bits per heavy atom. The van der Waals surface area contributed by atoms with Crippen molar-refractivity contribution in [2.75, 3.05) is 5.32 Å². The van der Waals surface area contributed by atoms with Gasteiger partial charge in [0.05, 0.1) is 17.1 Å². The summed E-state index contributed by atoms with van der Waals surface area (Å²) in [7, 11) is 0. The number of aryl methyl sites for hydroxylation is 1. The van der Waals surface area contributed by atoms with Crippen molar-refractivity contribution in [1.82, 2.24) is 15.0 Å². The zero-order chi connectivity index (χ0) is 17.9. The first-order chi connectivity index (χ1) is 11.3. The number of anilines is 1. The number of aromatic nitrogens is 3. The average Bonchev–Trinajstić information content (AvgIpc) is 2.89. The minimum absolute atomic E-state index is 0.0620. The van der Waals surface area contributed by atoms with Crippen LogP contribution in [-0.2, 0) is 4.79 Å². The maximum Gasteiger partial charge on any atom is 0.303 e. The summed E-state index contributed by atoms with van der Waals surface area (Å²) in [6.45, 7) is 1.86. The van der Waals surface area contributed by atoms with Crippen molar-refractivity contribution in [3.8, 4) is 0 Å². The number of nitrogens with one attached hydrogen (secondary N) is 1. The van der Waals surface area contributed by atoms with Crippen LogP contribution in [0.4, 0.5) is 5.69 Å². The molecule has 1 amide bonds. The van der Waals surface area contributed by atoms with Crippen molar-refractivity contribution in [2.24, 2.45) is 0 Å². The van der Waals surface area contributed by atoms with Crippen molar-refractivity contribution in [1.29, 1.82) is 0 Å². The van der Waals surface area contributed by atoms with Gasteiger partial charge in [-0.05, 0) is 40.5 Å². The number of carboxylic acids is 1. The molecule has 0 saturated heterocycles. The van der Waals surface area contributed by atoms with E-state index in [0.29, 0.717) is 15.5 Å². The molecule has 0 bridgehead atoms. The van der Waals surface area contributed by atoms with Crippen LogP contribution in [0.15, 0.2) is 22.8 Å². The lowest BCUT2D eigenvalue weighted by molar-refractivity contribution is -0.137. The van der Waals surface area contributed by atoms with Crippen LogP contribution in [0.25, 0.3) is 0 Å². The fraction of sp³-hybridized carbons (Fsp3) is 0.214. The van der Waals surface area contributed by atoms with E-state index in [9.17, 15) is 14.4 Å². The Hall–Kier alpha value is -2.26. The molecule has 0 saturated carbocycles. The van der Waals surface area contributed by atoms with Gasteiger partial charge >= 0.3 is 5.97 Å². The van der Waals surface area contributed by atoms with Gasteiger partial charge in [-0.1, -0.05) is 17.7 Å². The van der Waals surface area contributed by atoms with Gasteiger partial charge in [0.1, 0.15) is 0 Å². The van der Waals surface area contributed by atoms with E-state index < -0.39 is 17.8 Å². The molecule has 2 N–H and O–H groups in total. The average molecular weight is 416 g/mol. The Morgan fingerprint density at radius 1 is 1.29 bits per heavy atom. The summed E-state index contributed by atoms with van der Waals surface area (Å²) < 4.78 is 0.0620. The van der Waals surface area contributed by atoms with Crippen LogP contribution < -0.4 is 5.32 Å². The summed E-state index contributed by atoms with van der Waals surface area (Å²) in [6.07, 6.45) is -0.625. The highest BCUT2D eigenvalue weighted by Crippen LogP contribution is 2.24. The molecule has 0 aliphatic rings. The second kappa shape index (κ2) is 7.54. The molecule has 0 spiro atoms. The van der Waals surface area contributed by atoms with E-state index in [1.165, 1.54) is 0 Å². The van der Waals surface area contributed by atoms with E-state index in [2.05, 4.69) is 31.4 Å². The summed E-state index contributed by atoms with van der Waals surface area (Å²) >= 11 is 9.10. The smallest absolute Gasteiger partial charge is 0.303 e. The number of carbonyl (C=O) groups is 3. The molecular formula is C14H12BrClN4O4. The molecule has 2 aromatic rings. The Bertz CT molecular complexity index is 821. The van der Waals surface area contributed by atoms with Crippen molar-refractivity contribution in [3.05, 3.63) is 39.1 Å². The molecule has 126 valence electrons. The van der Waals surface area contributed by atoms with Crippen LogP contribution in [0.5, 0.6) is 0 Å². The molecule has 0 radical (unpaired) electrons.